The molecule has 4 nitrogen and oxygen atoms in total. The molecule has 0 saturated heterocycles. The second-order valence-electron chi connectivity index (χ2n) is 5.26. The molecule has 0 aliphatic heterocycles. The molecule has 0 unspecified atom stereocenters. The minimum Gasteiger partial charge on any atom is -0.478 e. The Morgan fingerprint density at radius 3 is 2.17 bits per heavy atom. The van der Waals surface area contributed by atoms with Crippen molar-refractivity contribution < 1.29 is 31.5 Å². The quantitative estimate of drug-likeness (QED) is 0.905. The summed E-state index contributed by atoms with van der Waals surface area (Å²) in [4.78, 5) is 10.6. The highest BCUT2D eigenvalue weighted by Crippen LogP contribution is 2.32. The third-order valence-electron chi connectivity index (χ3n) is 3.35. The Kier molecular flexibility index (Phi) is 4.70. The Balaban J connectivity index is 2.49. The predicted octanol–water partition coefficient (Wildman–Crippen LogP) is 3.69. The number of aryl methyl sites for hydroxylation is 1. The summed E-state index contributed by atoms with van der Waals surface area (Å²) in [5, 5.41) is 9.09. The van der Waals surface area contributed by atoms with Crippen molar-refractivity contribution in [1.82, 2.24) is 0 Å². The van der Waals surface area contributed by atoms with E-state index in [0.717, 1.165) is 5.56 Å². The number of halogens is 3. The molecule has 0 heterocycles. The van der Waals surface area contributed by atoms with Crippen LogP contribution in [-0.4, -0.2) is 19.5 Å². The fourth-order valence-electron chi connectivity index (χ4n) is 2.13. The number of benzene rings is 2. The Morgan fingerprint density at radius 1 is 1.08 bits per heavy atom. The summed E-state index contributed by atoms with van der Waals surface area (Å²) in [7, 11) is -4.11. The Labute approximate surface area is 136 Å². The molecule has 0 aliphatic carbocycles. The van der Waals surface area contributed by atoms with Crippen molar-refractivity contribution in [3.05, 3.63) is 64.7 Å². The van der Waals surface area contributed by atoms with E-state index in [0.29, 0.717) is 23.8 Å². The number of hydrogen-bond donors (Lipinski definition) is 1. The largest absolute Gasteiger partial charge is 0.478 e. The van der Waals surface area contributed by atoms with Crippen LogP contribution in [0.2, 0.25) is 0 Å². The second kappa shape index (κ2) is 6.27. The summed E-state index contributed by atoms with van der Waals surface area (Å²) < 4.78 is 63.0. The first-order chi connectivity index (χ1) is 11.0. The molecule has 24 heavy (non-hydrogen) atoms. The molecule has 2 aromatic carbocycles. The van der Waals surface area contributed by atoms with Crippen molar-refractivity contribution in [2.45, 2.75) is 23.7 Å². The molecule has 0 saturated carbocycles. The van der Waals surface area contributed by atoms with Crippen molar-refractivity contribution >= 4 is 15.8 Å². The third kappa shape index (κ3) is 3.94. The summed E-state index contributed by atoms with van der Waals surface area (Å²) in [6.07, 6.45) is -4.76. The van der Waals surface area contributed by atoms with Crippen molar-refractivity contribution in [3.63, 3.8) is 0 Å². The van der Waals surface area contributed by atoms with E-state index in [1.54, 1.807) is 24.3 Å². The molecular weight excluding hydrogens is 345 g/mol. The molecule has 2 rings (SSSR count). The molecule has 1 N–H and O–H groups in total. The summed E-state index contributed by atoms with van der Waals surface area (Å²) in [5.41, 5.74) is -0.778. The lowest BCUT2D eigenvalue weighted by Gasteiger charge is -2.12. The molecule has 0 spiro atoms. The lowest BCUT2D eigenvalue weighted by Crippen LogP contribution is -2.14. The van der Waals surface area contributed by atoms with E-state index < -0.39 is 43.8 Å². The van der Waals surface area contributed by atoms with Gasteiger partial charge in [0, 0.05) is 0 Å². The number of alkyl halides is 3. The highest BCUT2D eigenvalue weighted by molar-refractivity contribution is 7.90. The molecule has 0 aromatic heterocycles. The van der Waals surface area contributed by atoms with Crippen molar-refractivity contribution in [1.29, 1.82) is 0 Å². The zero-order valence-corrected chi connectivity index (χ0v) is 13.3. The first-order valence-corrected chi connectivity index (χ1v) is 8.39. The van der Waals surface area contributed by atoms with E-state index in [-0.39, 0.29) is 0 Å². The monoisotopic (exact) mass is 358 g/mol. The number of carboxylic acids is 1. The number of aromatic carboxylic acids is 1. The van der Waals surface area contributed by atoms with E-state index in [4.69, 9.17) is 5.11 Å². The van der Waals surface area contributed by atoms with Gasteiger partial charge in [-0.25, -0.2) is 13.2 Å². The Hall–Kier alpha value is -2.35. The van der Waals surface area contributed by atoms with Gasteiger partial charge in [0.2, 0.25) is 0 Å². The highest BCUT2D eigenvalue weighted by atomic mass is 32.2. The predicted molar refractivity (Wildman–Crippen MR) is 80.5 cm³/mol. The molecule has 0 atom stereocenters. The summed E-state index contributed by atoms with van der Waals surface area (Å²) in [6, 6.07) is 8.11. The Bertz CT molecular complexity index is 869. The minimum absolute atomic E-state index is 0.338. The fraction of sp³-hybridized carbons (Fsp3) is 0.188. The van der Waals surface area contributed by atoms with Crippen LogP contribution >= 0.6 is 0 Å². The zero-order chi connectivity index (χ0) is 18.1. The average Bonchev–Trinajstić information content (AvgIpc) is 2.48. The molecule has 128 valence electrons. The average molecular weight is 358 g/mol. The molecular formula is C16H13F3O4S. The molecule has 0 aliphatic rings. The first-order valence-electron chi connectivity index (χ1n) is 6.73. The summed E-state index contributed by atoms with van der Waals surface area (Å²) in [5.74, 6) is -2.23. The number of rotatable bonds is 4. The van der Waals surface area contributed by atoms with Crippen LogP contribution in [0.25, 0.3) is 0 Å². The lowest BCUT2D eigenvalue weighted by atomic mass is 10.1. The van der Waals surface area contributed by atoms with E-state index in [1.165, 1.54) is 0 Å². The zero-order valence-electron chi connectivity index (χ0n) is 12.5. The number of carboxylic acid groups (broad SMARTS) is 1. The van der Waals surface area contributed by atoms with Crippen molar-refractivity contribution in [2.75, 3.05) is 0 Å². The number of sulfone groups is 1. The molecule has 0 bridgehead atoms. The van der Waals surface area contributed by atoms with Crippen molar-refractivity contribution in [2.24, 2.45) is 0 Å². The molecule has 2 aromatic rings. The third-order valence-corrected chi connectivity index (χ3v) is 5.09. The highest BCUT2D eigenvalue weighted by Gasteiger charge is 2.33. The van der Waals surface area contributed by atoms with Crippen LogP contribution in [0.15, 0.2) is 47.4 Å². The Morgan fingerprint density at radius 2 is 1.67 bits per heavy atom. The van der Waals surface area contributed by atoms with Gasteiger partial charge in [0.15, 0.2) is 9.84 Å². The lowest BCUT2D eigenvalue weighted by molar-refractivity contribution is -0.137. The van der Waals surface area contributed by atoms with Crippen molar-refractivity contribution in [3.8, 4) is 0 Å². The van der Waals surface area contributed by atoms with Crippen LogP contribution in [0.3, 0.4) is 0 Å². The fourth-order valence-corrected chi connectivity index (χ4v) is 3.67. The summed E-state index contributed by atoms with van der Waals surface area (Å²) in [6.45, 7) is 1.82. The normalized spacial score (nSPS) is 12.2. The van der Waals surface area contributed by atoms with E-state index in [9.17, 15) is 26.4 Å². The van der Waals surface area contributed by atoms with Gasteiger partial charge in [-0.1, -0.05) is 29.8 Å². The van der Waals surface area contributed by atoms with Crippen LogP contribution in [0.4, 0.5) is 13.2 Å². The maximum atomic E-state index is 12.7. The SMILES string of the molecule is Cc1ccc(CS(=O)(=O)c2ccc(C(F)(F)F)cc2C(=O)O)cc1. The smallest absolute Gasteiger partial charge is 0.416 e. The van der Waals surface area contributed by atoms with Crippen LogP contribution in [0.5, 0.6) is 0 Å². The standard InChI is InChI=1S/C16H13F3O4S/c1-10-2-4-11(5-3-10)9-24(22,23)14-7-6-12(16(17,18)19)8-13(14)15(20)21/h2-8H,9H2,1H3,(H,20,21). The molecule has 0 radical (unpaired) electrons. The van der Waals surface area contributed by atoms with E-state index in [2.05, 4.69) is 0 Å². The van der Waals surface area contributed by atoms with E-state index in [1.807, 2.05) is 6.92 Å². The van der Waals surface area contributed by atoms with Gasteiger partial charge in [-0.05, 0) is 30.7 Å². The topological polar surface area (TPSA) is 71.4 Å². The van der Waals surface area contributed by atoms with Gasteiger partial charge in [0.1, 0.15) is 0 Å². The minimum atomic E-state index is -4.76. The van der Waals surface area contributed by atoms with Gasteiger partial charge in [-0.2, -0.15) is 13.2 Å². The van der Waals surface area contributed by atoms with Crippen LogP contribution in [-0.2, 0) is 21.8 Å². The van der Waals surface area contributed by atoms with Crippen LogP contribution in [0, 0.1) is 6.92 Å². The first kappa shape index (κ1) is 18.0. The number of hydrogen-bond acceptors (Lipinski definition) is 3. The van der Waals surface area contributed by atoms with Gasteiger partial charge in [-0.15, -0.1) is 0 Å². The maximum absolute atomic E-state index is 12.7. The summed E-state index contributed by atoms with van der Waals surface area (Å²) >= 11 is 0. The van der Waals surface area contributed by atoms with Crippen LogP contribution in [0.1, 0.15) is 27.0 Å². The van der Waals surface area contributed by atoms with E-state index >= 15 is 0 Å². The van der Waals surface area contributed by atoms with Gasteiger partial charge in [-0.3, -0.25) is 0 Å². The molecule has 0 amide bonds. The van der Waals surface area contributed by atoms with Gasteiger partial charge in [0.25, 0.3) is 0 Å². The van der Waals surface area contributed by atoms with Gasteiger partial charge < -0.3 is 5.11 Å². The molecule has 0 fully saturated rings. The molecule has 8 heteroatoms. The maximum Gasteiger partial charge on any atom is 0.416 e. The van der Waals surface area contributed by atoms with Gasteiger partial charge in [0.05, 0.1) is 21.8 Å². The second-order valence-corrected chi connectivity index (χ2v) is 7.22. The van der Waals surface area contributed by atoms with Crippen LogP contribution < -0.4 is 0 Å². The van der Waals surface area contributed by atoms with Gasteiger partial charge >= 0.3 is 12.1 Å². The number of carbonyl (C=O) groups is 1.